The highest BCUT2D eigenvalue weighted by atomic mass is 16.5. The average Bonchev–Trinajstić information content (AvgIpc) is 2.93. The summed E-state index contributed by atoms with van der Waals surface area (Å²) in [5.41, 5.74) is 2.42. The van der Waals surface area contributed by atoms with E-state index in [2.05, 4.69) is 28.1 Å². The number of hydrogen-bond donors (Lipinski definition) is 0. The summed E-state index contributed by atoms with van der Waals surface area (Å²) >= 11 is 0. The van der Waals surface area contributed by atoms with Crippen LogP contribution in [-0.2, 0) is 17.8 Å². The molecule has 1 amide bonds. The van der Waals surface area contributed by atoms with Crippen LogP contribution in [0.15, 0.2) is 48.8 Å². The number of carbonyl (C=O) groups excluding carboxylic acids is 1. The van der Waals surface area contributed by atoms with Gasteiger partial charge in [-0.1, -0.05) is 18.2 Å². The third kappa shape index (κ3) is 3.88. The van der Waals surface area contributed by atoms with E-state index in [1.807, 2.05) is 35.5 Å². The van der Waals surface area contributed by atoms with E-state index in [1.54, 1.807) is 0 Å². The second kappa shape index (κ2) is 7.87. The largest absolute Gasteiger partial charge is 0.492 e. The first-order chi connectivity index (χ1) is 12.8. The van der Waals surface area contributed by atoms with Crippen LogP contribution < -0.4 is 4.74 Å². The van der Waals surface area contributed by atoms with E-state index in [0.29, 0.717) is 6.61 Å². The summed E-state index contributed by atoms with van der Waals surface area (Å²) in [6.07, 6.45) is 5.47. The number of nitrogens with zero attached hydrogens (tertiary/aromatic N) is 3. The molecular formula is C21H25N3O2. The molecule has 0 saturated carbocycles. The second-order valence-corrected chi connectivity index (χ2v) is 7.13. The van der Waals surface area contributed by atoms with Gasteiger partial charge in [0.25, 0.3) is 0 Å². The lowest BCUT2D eigenvalue weighted by molar-refractivity contribution is -0.136. The van der Waals surface area contributed by atoms with Crippen LogP contribution in [0.2, 0.25) is 0 Å². The molecule has 1 aromatic heterocycles. The van der Waals surface area contributed by atoms with E-state index in [0.717, 1.165) is 56.9 Å². The SMILES string of the molecule is O=C([C@@H]1COc2ccccc2C1)N1CCCN(Cc2ccncc2)CC1. The first kappa shape index (κ1) is 17.0. The predicted octanol–water partition coefficient (Wildman–Crippen LogP) is 2.37. The predicted molar refractivity (Wildman–Crippen MR) is 99.8 cm³/mol. The number of carbonyl (C=O) groups is 1. The number of para-hydroxylation sites is 1. The molecule has 3 heterocycles. The first-order valence-corrected chi connectivity index (χ1v) is 9.40. The second-order valence-electron chi connectivity index (χ2n) is 7.13. The van der Waals surface area contributed by atoms with E-state index < -0.39 is 0 Å². The molecule has 2 aliphatic heterocycles. The monoisotopic (exact) mass is 351 g/mol. The van der Waals surface area contributed by atoms with Gasteiger partial charge >= 0.3 is 0 Å². The number of rotatable bonds is 3. The Labute approximate surface area is 154 Å². The van der Waals surface area contributed by atoms with Crippen LogP contribution in [0, 0.1) is 5.92 Å². The molecule has 0 spiro atoms. The lowest BCUT2D eigenvalue weighted by Crippen LogP contribution is -2.42. The van der Waals surface area contributed by atoms with Gasteiger partial charge in [0.05, 0.1) is 5.92 Å². The zero-order valence-electron chi connectivity index (χ0n) is 15.0. The zero-order chi connectivity index (χ0) is 17.8. The van der Waals surface area contributed by atoms with Crippen LogP contribution in [0.5, 0.6) is 5.75 Å². The van der Waals surface area contributed by atoms with Crippen molar-refractivity contribution in [3.05, 3.63) is 59.9 Å². The fraction of sp³-hybridized carbons (Fsp3) is 0.429. The maximum absolute atomic E-state index is 13.0. The number of ether oxygens (including phenoxy) is 1. The normalized spacial score (nSPS) is 20.8. The number of pyridine rings is 1. The highest BCUT2D eigenvalue weighted by Gasteiger charge is 2.30. The van der Waals surface area contributed by atoms with Crippen LogP contribution in [0.25, 0.3) is 0 Å². The van der Waals surface area contributed by atoms with E-state index in [1.165, 1.54) is 5.56 Å². The summed E-state index contributed by atoms with van der Waals surface area (Å²) in [4.78, 5) is 21.5. The van der Waals surface area contributed by atoms with E-state index in [-0.39, 0.29) is 11.8 Å². The van der Waals surface area contributed by atoms with Gasteiger partial charge < -0.3 is 9.64 Å². The first-order valence-electron chi connectivity index (χ1n) is 9.40. The number of benzene rings is 1. The van der Waals surface area contributed by atoms with Gasteiger partial charge in [-0.15, -0.1) is 0 Å². The fourth-order valence-corrected chi connectivity index (χ4v) is 3.84. The van der Waals surface area contributed by atoms with Crippen molar-refractivity contribution in [3.8, 4) is 5.75 Å². The molecular weight excluding hydrogens is 326 g/mol. The van der Waals surface area contributed by atoms with E-state index >= 15 is 0 Å². The lowest BCUT2D eigenvalue weighted by Gasteiger charge is -2.29. The van der Waals surface area contributed by atoms with Crippen molar-refractivity contribution in [1.82, 2.24) is 14.8 Å². The minimum atomic E-state index is -0.0587. The maximum Gasteiger partial charge on any atom is 0.229 e. The van der Waals surface area contributed by atoms with Crippen LogP contribution >= 0.6 is 0 Å². The topological polar surface area (TPSA) is 45.7 Å². The number of hydrogen-bond acceptors (Lipinski definition) is 4. The van der Waals surface area contributed by atoms with E-state index in [9.17, 15) is 4.79 Å². The summed E-state index contributed by atoms with van der Waals surface area (Å²) in [6, 6.07) is 12.2. The van der Waals surface area contributed by atoms with Crippen molar-refractivity contribution in [2.75, 3.05) is 32.8 Å². The Morgan fingerprint density at radius 1 is 1.08 bits per heavy atom. The van der Waals surface area contributed by atoms with Crippen molar-refractivity contribution >= 4 is 5.91 Å². The average molecular weight is 351 g/mol. The summed E-state index contributed by atoms with van der Waals surface area (Å²) in [5, 5.41) is 0. The van der Waals surface area contributed by atoms with Gasteiger partial charge in [-0.05, 0) is 42.2 Å². The molecule has 136 valence electrons. The van der Waals surface area contributed by atoms with Crippen molar-refractivity contribution in [3.63, 3.8) is 0 Å². The Hall–Kier alpha value is -2.40. The quantitative estimate of drug-likeness (QED) is 0.852. The summed E-state index contributed by atoms with van der Waals surface area (Å²) in [7, 11) is 0. The molecule has 2 aliphatic rings. The highest BCUT2D eigenvalue weighted by Crippen LogP contribution is 2.28. The molecule has 1 aromatic carbocycles. The van der Waals surface area contributed by atoms with Gasteiger partial charge in [-0.2, -0.15) is 0 Å². The summed E-state index contributed by atoms with van der Waals surface area (Å²) < 4.78 is 5.82. The Balaban J connectivity index is 1.35. The molecule has 0 unspecified atom stereocenters. The van der Waals surface area contributed by atoms with Crippen molar-refractivity contribution in [2.24, 2.45) is 5.92 Å². The highest BCUT2D eigenvalue weighted by molar-refractivity contribution is 5.79. The van der Waals surface area contributed by atoms with Gasteiger partial charge in [0, 0.05) is 45.1 Å². The van der Waals surface area contributed by atoms with E-state index in [4.69, 9.17) is 4.74 Å². The third-order valence-electron chi connectivity index (χ3n) is 5.28. The Bertz CT molecular complexity index is 750. The van der Waals surface area contributed by atoms with Crippen molar-refractivity contribution in [1.29, 1.82) is 0 Å². The van der Waals surface area contributed by atoms with Gasteiger partial charge in [-0.25, -0.2) is 0 Å². The molecule has 26 heavy (non-hydrogen) atoms. The molecule has 1 fully saturated rings. The molecule has 0 aliphatic carbocycles. The lowest BCUT2D eigenvalue weighted by atomic mass is 9.95. The molecule has 5 nitrogen and oxygen atoms in total. The van der Waals surface area contributed by atoms with Crippen LogP contribution in [0.3, 0.4) is 0 Å². The van der Waals surface area contributed by atoms with Crippen molar-refractivity contribution in [2.45, 2.75) is 19.4 Å². The molecule has 4 rings (SSSR count). The maximum atomic E-state index is 13.0. The van der Waals surface area contributed by atoms with Crippen LogP contribution in [0.1, 0.15) is 17.5 Å². The minimum absolute atomic E-state index is 0.0587. The van der Waals surface area contributed by atoms with Gasteiger partial charge in [0.15, 0.2) is 0 Å². The summed E-state index contributed by atoms with van der Waals surface area (Å²) in [5.74, 6) is 1.11. The van der Waals surface area contributed by atoms with Crippen molar-refractivity contribution < 1.29 is 9.53 Å². The molecule has 5 heteroatoms. The Morgan fingerprint density at radius 2 is 1.92 bits per heavy atom. The molecule has 0 N–H and O–H groups in total. The molecule has 2 aromatic rings. The zero-order valence-corrected chi connectivity index (χ0v) is 15.0. The minimum Gasteiger partial charge on any atom is -0.492 e. The van der Waals surface area contributed by atoms with Gasteiger partial charge in [0.2, 0.25) is 5.91 Å². The van der Waals surface area contributed by atoms with Gasteiger partial charge in [-0.3, -0.25) is 14.7 Å². The third-order valence-corrected chi connectivity index (χ3v) is 5.28. The van der Waals surface area contributed by atoms with Gasteiger partial charge in [0.1, 0.15) is 12.4 Å². The molecule has 1 atom stereocenters. The smallest absolute Gasteiger partial charge is 0.229 e. The molecule has 0 radical (unpaired) electrons. The fourth-order valence-electron chi connectivity index (χ4n) is 3.84. The van der Waals surface area contributed by atoms with Crippen LogP contribution in [-0.4, -0.2) is 53.5 Å². The van der Waals surface area contributed by atoms with Crippen LogP contribution in [0.4, 0.5) is 0 Å². The number of aromatic nitrogens is 1. The number of fused-ring (bicyclic) bond motifs is 1. The number of amides is 1. The standard InChI is InChI=1S/C21H25N3O2/c25-21(19-14-18-4-1-2-5-20(18)26-16-19)24-11-3-10-23(12-13-24)15-17-6-8-22-9-7-17/h1-2,4-9,19H,3,10-16H2/t19-/m0/s1. The molecule has 1 saturated heterocycles. The summed E-state index contributed by atoms with van der Waals surface area (Å²) in [6.45, 7) is 4.98. The Kier molecular flexibility index (Phi) is 5.16. The Morgan fingerprint density at radius 3 is 2.81 bits per heavy atom. The molecule has 0 bridgehead atoms.